The van der Waals surface area contributed by atoms with Crippen molar-refractivity contribution in [1.29, 1.82) is 0 Å². The van der Waals surface area contributed by atoms with Gasteiger partial charge in [0.05, 0.1) is 26.1 Å². The molecule has 5 N–H and O–H groups in total. The average molecular weight is 506 g/mol. The lowest BCUT2D eigenvalue weighted by Gasteiger charge is -2.32. The Labute approximate surface area is 203 Å². The predicted molar refractivity (Wildman–Crippen MR) is 132 cm³/mol. The number of methoxy groups -OCH3 is 1. The van der Waals surface area contributed by atoms with Crippen molar-refractivity contribution in [2.24, 2.45) is 0 Å². The van der Waals surface area contributed by atoms with E-state index in [4.69, 9.17) is 15.2 Å². The van der Waals surface area contributed by atoms with Gasteiger partial charge in [0, 0.05) is 6.04 Å². The number of nitrogens with zero attached hydrogens (tertiary/aromatic N) is 4. The fourth-order valence-corrected chi connectivity index (χ4v) is 5.92. The number of nitrogen functional groups attached to an aromatic ring is 1. The lowest BCUT2D eigenvalue weighted by Crippen LogP contribution is -2.47. The standard InChI is InChI=1S/C22H32N7O5P/c1-14(10-29-12-26-18-19(23)24-11-25-20(18)29)34-13-35(32,28-22(3,4)21(30)31)27-15(2)16-6-8-17(33-5)9-7-16/h6-9,11-12,14-15H,10,13H2,1-5H3,(H,30,31)(H2,23,24,25)(H2,27,28,32)/t14-,15+,35-/m1/s1. The largest absolute Gasteiger partial charge is 0.497 e. The zero-order valence-corrected chi connectivity index (χ0v) is 21.3. The summed E-state index contributed by atoms with van der Waals surface area (Å²) in [5, 5.41) is 15.4. The van der Waals surface area contributed by atoms with Gasteiger partial charge in [0.1, 0.15) is 29.5 Å². The summed E-state index contributed by atoms with van der Waals surface area (Å²) in [5.41, 5.74) is 6.30. The number of aliphatic carboxylic acids is 1. The minimum atomic E-state index is -3.54. The highest BCUT2D eigenvalue weighted by atomic mass is 31.2. The Kier molecular flexibility index (Phi) is 8.11. The Morgan fingerprint density at radius 2 is 1.91 bits per heavy atom. The number of carboxylic acids is 1. The van der Waals surface area contributed by atoms with E-state index in [1.54, 1.807) is 30.1 Å². The van der Waals surface area contributed by atoms with Crippen LogP contribution in [0.1, 0.15) is 39.3 Å². The normalized spacial score (nSPS) is 15.5. The van der Waals surface area contributed by atoms with Crippen LogP contribution in [0.2, 0.25) is 0 Å². The van der Waals surface area contributed by atoms with Crippen LogP contribution in [-0.2, 0) is 20.6 Å². The summed E-state index contributed by atoms with van der Waals surface area (Å²) in [6.07, 6.45) is 2.31. The summed E-state index contributed by atoms with van der Waals surface area (Å²) >= 11 is 0. The van der Waals surface area contributed by atoms with Gasteiger partial charge < -0.3 is 24.9 Å². The van der Waals surface area contributed by atoms with Crippen LogP contribution in [0.15, 0.2) is 36.9 Å². The van der Waals surface area contributed by atoms with E-state index in [2.05, 4.69) is 25.1 Å². The molecule has 0 bridgehead atoms. The Bertz CT molecular complexity index is 1210. The maximum absolute atomic E-state index is 13.9. The van der Waals surface area contributed by atoms with Crippen LogP contribution in [0.4, 0.5) is 5.82 Å². The topological polar surface area (TPSA) is 167 Å². The zero-order chi connectivity index (χ0) is 25.8. The molecule has 0 radical (unpaired) electrons. The highest BCUT2D eigenvalue weighted by Gasteiger charge is 2.37. The Hall–Kier alpha value is -3.05. The van der Waals surface area contributed by atoms with Crippen molar-refractivity contribution in [1.82, 2.24) is 29.7 Å². The summed E-state index contributed by atoms with van der Waals surface area (Å²) in [4.78, 5) is 24.1. The third-order valence-corrected chi connectivity index (χ3v) is 7.67. The minimum Gasteiger partial charge on any atom is -0.497 e. The molecule has 35 heavy (non-hydrogen) atoms. The number of imidazole rings is 1. The van der Waals surface area contributed by atoms with Crippen molar-refractivity contribution in [3.63, 3.8) is 0 Å². The van der Waals surface area contributed by atoms with Crippen LogP contribution in [0.25, 0.3) is 11.2 Å². The maximum Gasteiger partial charge on any atom is 0.323 e. The summed E-state index contributed by atoms with van der Waals surface area (Å²) in [5.74, 6) is -0.152. The first-order chi connectivity index (χ1) is 16.4. The number of nitrogens with two attached hydrogens (primary N) is 1. The first kappa shape index (κ1) is 26.6. The van der Waals surface area contributed by atoms with Crippen molar-refractivity contribution in [2.75, 3.05) is 19.2 Å². The summed E-state index contributed by atoms with van der Waals surface area (Å²) < 4.78 is 26.8. The van der Waals surface area contributed by atoms with Crippen LogP contribution in [0.3, 0.4) is 0 Å². The quantitative estimate of drug-likeness (QED) is 0.267. The molecule has 0 saturated heterocycles. The molecule has 0 saturated carbocycles. The SMILES string of the molecule is COc1ccc([C@H](C)N[P@](=O)(CO[C@H](C)Cn2cnc3c(N)ncnc32)NC(C)(C)C(=O)O)cc1. The smallest absolute Gasteiger partial charge is 0.323 e. The highest BCUT2D eigenvalue weighted by molar-refractivity contribution is 7.59. The number of ether oxygens (including phenoxy) is 2. The van der Waals surface area contributed by atoms with Crippen molar-refractivity contribution in [3.05, 3.63) is 42.5 Å². The van der Waals surface area contributed by atoms with Crippen LogP contribution in [0.5, 0.6) is 5.75 Å². The molecular formula is C22H32N7O5P. The number of nitrogens with one attached hydrogen (secondary N) is 2. The number of benzene rings is 1. The average Bonchev–Trinajstić information content (AvgIpc) is 3.21. The fraction of sp³-hybridized carbons (Fsp3) is 0.455. The van der Waals surface area contributed by atoms with Crippen molar-refractivity contribution >= 4 is 30.4 Å². The molecule has 0 spiro atoms. The van der Waals surface area contributed by atoms with E-state index in [0.29, 0.717) is 23.5 Å². The first-order valence-electron chi connectivity index (χ1n) is 11.0. The third-order valence-electron chi connectivity index (χ3n) is 5.44. The molecule has 2 heterocycles. The number of carbonyl (C=O) groups is 1. The van der Waals surface area contributed by atoms with Crippen LogP contribution >= 0.6 is 7.44 Å². The van der Waals surface area contributed by atoms with Gasteiger partial charge in [0.15, 0.2) is 11.5 Å². The van der Waals surface area contributed by atoms with E-state index in [9.17, 15) is 14.5 Å². The molecule has 0 unspecified atom stereocenters. The maximum atomic E-state index is 13.9. The molecular weight excluding hydrogens is 473 g/mol. The van der Waals surface area contributed by atoms with Gasteiger partial charge in [-0.05, 0) is 45.4 Å². The number of carboxylic acid groups (broad SMARTS) is 1. The molecule has 0 aliphatic carbocycles. The summed E-state index contributed by atoms with van der Waals surface area (Å²) in [7, 11) is -1.96. The van der Waals surface area contributed by atoms with Gasteiger partial charge in [-0.1, -0.05) is 12.1 Å². The van der Waals surface area contributed by atoms with Gasteiger partial charge in [-0.2, -0.15) is 0 Å². The molecule has 3 aromatic rings. The van der Waals surface area contributed by atoms with Gasteiger partial charge in [0.25, 0.3) is 0 Å². The van der Waals surface area contributed by atoms with E-state index >= 15 is 0 Å². The number of hydrogen-bond donors (Lipinski definition) is 4. The van der Waals surface area contributed by atoms with E-state index < -0.39 is 25.1 Å². The number of hydrogen-bond acceptors (Lipinski definition) is 8. The summed E-state index contributed by atoms with van der Waals surface area (Å²) in [6.45, 7) is 6.92. The molecule has 13 heteroatoms. The molecule has 190 valence electrons. The second-order valence-corrected chi connectivity index (χ2v) is 11.1. The lowest BCUT2D eigenvalue weighted by molar-refractivity contribution is -0.142. The fourth-order valence-electron chi connectivity index (χ4n) is 3.48. The number of anilines is 1. The first-order valence-corrected chi connectivity index (χ1v) is 12.9. The molecule has 12 nitrogen and oxygen atoms in total. The molecule has 2 aromatic heterocycles. The van der Waals surface area contributed by atoms with E-state index in [-0.39, 0.29) is 18.2 Å². The Balaban J connectivity index is 1.74. The van der Waals surface area contributed by atoms with E-state index in [1.807, 2.05) is 26.0 Å². The minimum absolute atomic E-state index is 0.241. The number of fused-ring (bicyclic) bond motifs is 1. The Morgan fingerprint density at radius 3 is 2.54 bits per heavy atom. The van der Waals surface area contributed by atoms with Gasteiger partial charge in [0.2, 0.25) is 7.44 Å². The molecule has 0 aliphatic rings. The zero-order valence-electron chi connectivity index (χ0n) is 20.4. The molecule has 3 rings (SSSR count). The van der Waals surface area contributed by atoms with Crippen LogP contribution in [0, 0.1) is 0 Å². The van der Waals surface area contributed by atoms with Crippen LogP contribution in [-0.4, -0.2) is 55.7 Å². The molecule has 0 fully saturated rings. The van der Waals surface area contributed by atoms with Crippen molar-refractivity contribution < 1.29 is 23.9 Å². The lowest BCUT2D eigenvalue weighted by atomic mass is 10.1. The van der Waals surface area contributed by atoms with Gasteiger partial charge in [-0.25, -0.2) is 25.1 Å². The molecule has 0 amide bonds. The van der Waals surface area contributed by atoms with E-state index in [0.717, 1.165) is 5.56 Å². The van der Waals surface area contributed by atoms with Gasteiger partial charge in [-0.15, -0.1) is 0 Å². The Morgan fingerprint density at radius 1 is 1.23 bits per heavy atom. The second kappa shape index (κ2) is 10.7. The second-order valence-electron chi connectivity index (χ2n) is 8.84. The number of rotatable bonds is 12. The van der Waals surface area contributed by atoms with Gasteiger partial charge >= 0.3 is 5.97 Å². The van der Waals surface area contributed by atoms with Gasteiger partial charge in [-0.3, -0.25) is 9.36 Å². The van der Waals surface area contributed by atoms with E-state index in [1.165, 1.54) is 20.2 Å². The molecule has 0 aliphatic heterocycles. The highest BCUT2D eigenvalue weighted by Crippen LogP contribution is 2.42. The van der Waals surface area contributed by atoms with Crippen molar-refractivity contribution in [2.45, 2.75) is 51.9 Å². The van der Waals surface area contributed by atoms with Crippen molar-refractivity contribution in [3.8, 4) is 5.75 Å². The summed E-state index contributed by atoms with van der Waals surface area (Å²) in [6, 6.07) is 6.95. The third kappa shape index (κ3) is 6.55. The number of aromatic nitrogens is 4. The predicted octanol–water partition coefficient (Wildman–Crippen LogP) is 2.78. The molecule has 3 atom stereocenters. The van der Waals surface area contributed by atoms with Crippen LogP contribution < -0.4 is 20.6 Å². The monoisotopic (exact) mass is 505 g/mol. The molecule has 1 aromatic carbocycles.